The molecule has 2 N–H and O–H groups in total. The second-order valence-electron chi connectivity index (χ2n) is 6.38. The van der Waals surface area contributed by atoms with E-state index in [-0.39, 0.29) is 6.10 Å². The monoisotopic (exact) mass is 388 g/mol. The molecule has 152 valence electrons. The van der Waals surface area contributed by atoms with Crippen LogP contribution in [0.2, 0.25) is 0 Å². The van der Waals surface area contributed by atoms with Crippen molar-refractivity contribution in [2.24, 2.45) is 4.99 Å². The Morgan fingerprint density at radius 3 is 3.11 bits per heavy atom. The Hall–Kier alpha value is -2.52. The minimum Gasteiger partial charge on any atom is -0.379 e. The SMILES string of the molecule is CCNC(=NCCCOC1CCOC1)NCCc1noc(-c2ccccn2)n1. The van der Waals surface area contributed by atoms with Crippen LogP contribution in [0.25, 0.3) is 11.6 Å². The summed E-state index contributed by atoms with van der Waals surface area (Å²) < 4.78 is 16.3. The zero-order chi connectivity index (χ0) is 19.4. The fourth-order valence-corrected chi connectivity index (χ4v) is 2.73. The first kappa shape index (κ1) is 20.2. The van der Waals surface area contributed by atoms with E-state index in [9.17, 15) is 0 Å². The van der Waals surface area contributed by atoms with Gasteiger partial charge in [-0.15, -0.1) is 0 Å². The Balaban J connectivity index is 1.37. The molecule has 3 rings (SSSR count). The van der Waals surface area contributed by atoms with Gasteiger partial charge in [0.1, 0.15) is 5.69 Å². The van der Waals surface area contributed by atoms with Gasteiger partial charge in [0, 0.05) is 45.5 Å². The highest BCUT2D eigenvalue weighted by molar-refractivity contribution is 5.79. The second kappa shape index (κ2) is 11.4. The van der Waals surface area contributed by atoms with Gasteiger partial charge in [0.15, 0.2) is 11.8 Å². The van der Waals surface area contributed by atoms with Gasteiger partial charge >= 0.3 is 0 Å². The number of aliphatic imine (C=N–C) groups is 1. The number of guanidine groups is 1. The fraction of sp³-hybridized carbons (Fsp3) is 0.579. The van der Waals surface area contributed by atoms with Crippen LogP contribution in [0, 0.1) is 0 Å². The third-order valence-corrected chi connectivity index (χ3v) is 4.15. The molecule has 1 unspecified atom stereocenters. The van der Waals surface area contributed by atoms with Crippen molar-refractivity contribution in [3.8, 4) is 11.6 Å². The van der Waals surface area contributed by atoms with Gasteiger partial charge in [-0.3, -0.25) is 9.98 Å². The molecule has 9 heteroatoms. The lowest BCUT2D eigenvalue weighted by atomic mass is 10.3. The van der Waals surface area contributed by atoms with Crippen LogP contribution in [0.5, 0.6) is 0 Å². The standard InChI is InChI=1S/C19H28N6O3/c1-2-20-19(22-10-5-12-27-15-8-13-26-14-15)23-11-7-17-24-18(28-25-17)16-6-3-4-9-21-16/h3-4,6,9,15H,2,5,7-8,10-14H2,1H3,(H2,20,22,23). The summed E-state index contributed by atoms with van der Waals surface area (Å²) in [5.74, 6) is 1.85. The first-order valence-corrected chi connectivity index (χ1v) is 9.80. The maximum atomic E-state index is 5.76. The molecule has 0 amide bonds. The number of rotatable bonds is 10. The van der Waals surface area contributed by atoms with Crippen molar-refractivity contribution in [1.82, 2.24) is 25.8 Å². The minimum absolute atomic E-state index is 0.251. The Morgan fingerprint density at radius 1 is 1.36 bits per heavy atom. The van der Waals surface area contributed by atoms with Crippen LogP contribution in [0.4, 0.5) is 0 Å². The van der Waals surface area contributed by atoms with Gasteiger partial charge < -0.3 is 24.6 Å². The Labute approximate surface area is 164 Å². The zero-order valence-corrected chi connectivity index (χ0v) is 16.3. The third kappa shape index (κ3) is 6.58. The maximum absolute atomic E-state index is 5.76. The van der Waals surface area contributed by atoms with Gasteiger partial charge in [-0.25, -0.2) is 0 Å². The summed E-state index contributed by atoms with van der Waals surface area (Å²) >= 11 is 0. The van der Waals surface area contributed by atoms with Crippen LogP contribution >= 0.6 is 0 Å². The molecule has 0 aliphatic carbocycles. The van der Waals surface area contributed by atoms with Gasteiger partial charge in [0.05, 0.1) is 12.7 Å². The van der Waals surface area contributed by atoms with Crippen molar-refractivity contribution in [3.05, 3.63) is 30.2 Å². The van der Waals surface area contributed by atoms with E-state index in [2.05, 4.69) is 30.8 Å². The number of hydrogen-bond acceptors (Lipinski definition) is 7. The lowest BCUT2D eigenvalue weighted by Crippen LogP contribution is -2.38. The lowest BCUT2D eigenvalue weighted by molar-refractivity contribution is 0.0424. The summed E-state index contributed by atoms with van der Waals surface area (Å²) in [5.41, 5.74) is 0.676. The van der Waals surface area contributed by atoms with Gasteiger partial charge in [-0.05, 0) is 31.9 Å². The lowest BCUT2D eigenvalue weighted by Gasteiger charge is -2.11. The molecule has 1 saturated heterocycles. The highest BCUT2D eigenvalue weighted by atomic mass is 16.5. The van der Waals surface area contributed by atoms with Crippen LogP contribution in [-0.4, -0.2) is 66.6 Å². The molecule has 0 bridgehead atoms. The molecule has 1 atom stereocenters. The van der Waals surface area contributed by atoms with Crippen LogP contribution in [0.15, 0.2) is 33.9 Å². The van der Waals surface area contributed by atoms with Crippen molar-refractivity contribution >= 4 is 5.96 Å². The van der Waals surface area contributed by atoms with Gasteiger partial charge in [0.25, 0.3) is 5.89 Å². The summed E-state index contributed by atoms with van der Waals surface area (Å²) in [6.07, 6.45) is 4.45. The third-order valence-electron chi connectivity index (χ3n) is 4.15. The van der Waals surface area contributed by atoms with Crippen molar-refractivity contribution in [3.63, 3.8) is 0 Å². The molecule has 0 radical (unpaired) electrons. The van der Waals surface area contributed by atoms with E-state index in [0.29, 0.717) is 50.1 Å². The fourth-order valence-electron chi connectivity index (χ4n) is 2.73. The molecular weight excluding hydrogens is 360 g/mol. The van der Waals surface area contributed by atoms with Crippen molar-refractivity contribution in [2.45, 2.75) is 32.3 Å². The smallest absolute Gasteiger partial charge is 0.276 e. The number of aromatic nitrogens is 3. The molecule has 0 spiro atoms. The zero-order valence-electron chi connectivity index (χ0n) is 16.3. The van der Waals surface area contributed by atoms with Gasteiger partial charge in [-0.2, -0.15) is 4.98 Å². The molecule has 0 aromatic carbocycles. The Kier molecular flexibility index (Phi) is 8.20. The molecule has 1 aliphatic rings. The van der Waals surface area contributed by atoms with Crippen LogP contribution in [0.3, 0.4) is 0 Å². The molecule has 1 fully saturated rings. The highest BCUT2D eigenvalue weighted by Gasteiger charge is 2.15. The first-order chi connectivity index (χ1) is 13.8. The topological polar surface area (TPSA) is 107 Å². The molecule has 3 heterocycles. The minimum atomic E-state index is 0.251. The van der Waals surface area contributed by atoms with Crippen LogP contribution < -0.4 is 10.6 Å². The summed E-state index contributed by atoms with van der Waals surface area (Å²) in [7, 11) is 0. The average molecular weight is 388 g/mol. The number of ether oxygens (including phenoxy) is 2. The van der Waals surface area contributed by atoms with E-state index in [1.54, 1.807) is 6.20 Å². The summed E-state index contributed by atoms with van der Waals surface area (Å²) in [4.78, 5) is 13.2. The van der Waals surface area contributed by atoms with E-state index in [1.165, 1.54) is 0 Å². The van der Waals surface area contributed by atoms with Crippen molar-refractivity contribution < 1.29 is 14.0 Å². The first-order valence-electron chi connectivity index (χ1n) is 9.80. The van der Waals surface area contributed by atoms with E-state index >= 15 is 0 Å². The molecule has 2 aromatic rings. The quantitative estimate of drug-likeness (QED) is 0.358. The predicted molar refractivity (Wildman–Crippen MR) is 105 cm³/mol. The van der Waals surface area contributed by atoms with Crippen LogP contribution in [0.1, 0.15) is 25.6 Å². The van der Waals surface area contributed by atoms with E-state index in [1.807, 2.05) is 25.1 Å². The largest absolute Gasteiger partial charge is 0.379 e. The number of hydrogen-bond donors (Lipinski definition) is 2. The Morgan fingerprint density at radius 2 is 2.32 bits per heavy atom. The summed E-state index contributed by atoms with van der Waals surface area (Å²) in [6.45, 7) is 6.42. The molecular formula is C19H28N6O3. The molecule has 1 aliphatic heterocycles. The molecule has 28 heavy (non-hydrogen) atoms. The van der Waals surface area contributed by atoms with Gasteiger partial charge in [-0.1, -0.05) is 11.2 Å². The molecule has 2 aromatic heterocycles. The molecule has 9 nitrogen and oxygen atoms in total. The van der Waals surface area contributed by atoms with Crippen molar-refractivity contribution in [2.75, 3.05) is 39.5 Å². The second-order valence-corrected chi connectivity index (χ2v) is 6.38. The van der Waals surface area contributed by atoms with Crippen molar-refractivity contribution in [1.29, 1.82) is 0 Å². The average Bonchev–Trinajstić information content (AvgIpc) is 3.40. The van der Waals surface area contributed by atoms with E-state index < -0.39 is 0 Å². The van der Waals surface area contributed by atoms with E-state index in [4.69, 9.17) is 14.0 Å². The normalized spacial score (nSPS) is 17.0. The predicted octanol–water partition coefficient (Wildman–Crippen LogP) is 1.42. The number of nitrogens with zero attached hydrogens (tertiary/aromatic N) is 4. The maximum Gasteiger partial charge on any atom is 0.276 e. The van der Waals surface area contributed by atoms with Gasteiger partial charge in [0.2, 0.25) is 0 Å². The van der Waals surface area contributed by atoms with E-state index in [0.717, 1.165) is 32.0 Å². The summed E-state index contributed by atoms with van der Waals surface area (Å²) in [5, 5.41) is 10.5. The number of nitrogens with one attached hydrogen (secondary N) is 2. The Bertz CT molecular complexity index is 715. The number of pyridine rings is 1. The summed E-state index contributed by atoms with van der Waals surface area (Å²) in [6, 6.07) is 5.58. The van der Waals surface area contributed by atoms with Crippen LogP contribution in [-0.2, 0) is 15.9 Å². The molecule has 0 saturated carbocycles. The highest BCUT2D eigenvalue weighted by Crippen LogP contribution is 2.13.